The number of rotatable bonds is 12. The van der Waals surface area contributed by atoms with E-state index in [2.05, 4.69) is 42.8 Å². The zero-order valence-corrected chi connectivity index (χ0v) is 29.1. The van der Waals surface area contributed by atoms with E-state index in [9.17, 15) is 4.79 Å². The molecule has 0 atom stereocenters. The van der Waals surface area contributed by atoms with Crippen molar-refractivity contribution in [3.63, 3.8) is 0 Å². The number of benzene rings is 2. The van der Waals surface area contributed by atoms with E-state index >= 15 is 0 Å². The van der Waals surface area contributed by atoms with Crippen LogP contribution in [0.25, 0.3) is 27.7 Å². The lowest BCUT2D eigenvalue weighted by Gasteiger charge is -2.24. The molecule has 3 heterocycles. The fourth-order valence-electron chi connectivity index (χ4n) is 6.34. The second-order valence-electron chi connectivity index (χ2n) is 13.3. The summed E-state index contributed by atoms with van der Waals surface area (Å²) in [7, 11) is 5.73. The van der Waals surface area contributed by atoms with Crippen LogP contribution in [-0.2, 0) is 16.1 Å². The molecule has 0 bridgehead atoms. The van der Waals surface area contributed by atoms with Crippen LogP contribution in [0.2, 0.25) is 0 Å². The molecule has 10 heteroatoms. The van der Waals surface area contributed by atoms with Gasteiger partial charge in [-0.15, -0.1) is 0 Å². The highest BCUT2D eigenvalue weighted by atomic mass is 16.5. The Morgan fingerprint density at radius 2 is 1.92 bits per heavy atom. The highest BCUT2D eigenvalue weighted by Crippen LogP contribution is 2.32. The first-order valence-corrected chi connectivity index (χ1v) is 17.1. The van der Waals surface area contributed by atoms with Gasteiger partial charge in [0.15, 0.2) is 11.5 Å². The second-order valence-corrected chi connectivity index (χ2v) is 13.3. The van der Waals surface area contributed by atoms with Gasteiger partial charge in [0.05, 0.1) is 18.0 Å². The Morgan fingerprint density at radius 1 is 1.10 bits per heavy atom. The average molecular weight is 659 g/mol. The van der Waals surface area contributed by atoms with Crippen LogP contribution in [0.5, 0.6) is 0 Å². The van der Waals surface area contributed by atoms with Gasteiger partial charge in [-0.3, -0.25) is 9.78 Å². The Balaban J connectivity index is 1.25. The first-order chi connectivity index (χ1) is 23.8. The third-order valence-corrected chi connectivity index (χ3v) is 9.08. The third-order valence-electron chi connectivity index (χ3n) is 9.08. The molecule has 49 heavy (non-hydrogen) atoms. The minimum atomic E-state index is -0.155. The Labute approximate surface area is 288 Å². The molecule has 1 aliphatic rings. The van der Waals surface area contributed by atoms with Crippen molar-refractivity contribution in [3.05, 3.63) is 90.3 Å². The maximum absolute atomic E-state index is 12.5. The highest BCUT2D eigenvalue weighted by Gasteiger charge is 2.20. The summed E-state index contributed by atoms with van der Waals surface area (Å²) in [5.74, 6) is 2.04. The smallest absolute Gasteiger partial charge is 0.248 e. The summed E-state index contributed by atoms with van der Waals surface area (Å²) in [6.07, 6.45) is 13.8. The van der Waals surface area contributed by atoms with Crippen LogP contribution in [-0.4, -0.2) is 70.5 Å². The molecular formula is C39H46N8O2. The summed E-state index contributed by atoms with van der Waals surface area (Å²) in [5.41, 5.74) is 5.64. The van der Waals surface area contributed by atoms with E-state index in [1.165, 1.54) is 0 Å². The maximum atomic E-state index is 12.5. The summed E-state index contributed by atoms with van der Waals surface area (Å²) >= 11 is 0. The van der Waals surface area contributed by atoms with Gasteiger partial charge in [-0.25, -0.2) is 9.98 Å². The van der Waals surface area contributed by atoms with Crippen molar-refractivity contribution in [2.24, 2.45) is 10.9 Å². The van der Waals surface area contributed by atoms with Gasteiger partial charge in [-0.2, -0.15) is 9.61 Å². The van der Waals surface area contributed by atoms with Gasteiger partial charge in [0.1, 0.15) is 5.82 Å². The Bertz CT molecular complexity index is 1970. The molecule has 2 N–H and O–H groups in total. The predicted octanol–water partition coefficient (Wildman–Crippen LogP) is 7.64. The lowest BCUT2D eigenvalue weighted by molar-refractivity contribution is -0.111. The summed E-state index contributed by atoms with van der Waals surface area (Å²) in [4.78, 5) is 29.1. The van der Waals surface area contributed by atoms with Crippen molar-refractivity contribution in [2.75, 3.05) is 38.4 Å². The number of amides is 1. The number of carbonyl (C=O) groups is 1. The fourth-order valence-corrected chi connectivity index (χ4v) is 6.34. The van der Waals surface area contributed by atoms with Gasteiger partial charge in [-0.1, -0.05) is 50.3 Å². The van der Waals surface area contributed by atoms with Crippen LogP contribution in [0, 0.1) is 5.92 Å². The average Bonchev–Trinajstić information content (AvgIpc) is 3.54. The summed E-state index contributed by atoms with van der Waals surface area (Å²) in [5, 5.41) is 13.3. The first kappa shape index (κ1) is 34.0. The number of nitrogens with zero attached hydrogens (tertiary/aromatic N) is 6. The summed E-state index contributed by atoms with van der Waals surface area (Å²) < 4.78 is 7.43. The van der Waals surface area contributed by atoms with Crippen LogP contribution in [0.3, 0.4) is 0 Å². The van der Waals surface area contributed by atoms with Gasteiger partial charge in [0, 0.05) is 67.0 Å². The molecular weight excluding hydrogens is 612 g/mol. The van der Waals surface area contributed by atoms with Gasteiger partial charge in [0.2, 0.25) is 5.91 Å². The molecule has 2 aromatic carbocycles. The van der Waals surface area contributed by atoms with Gasteiger partial charge >= 0.3 is 0 Å². The minimum absolute atomic E-state index is 0.155. The number of anilines is 2. The number of hydrogen-bond acceptors (Lipinski definition) is 8. The number of fused-ring (bicyclic) bond motifs is 2. The molecule has 1 amide bonds. The van der Waals surface area contributed by atoms with Crippen molar-refractivity contribution in [2.45, 2.75) is 58.1 Å². The molecule has 0 spiro atoms. The number of aliphatic imine (C=N–C) groups is 1. The van der Waals surface area contributed by atoms with Crippen LogP contribution in [0.15, 0.2) is 84.1 Å². The van der Waals surface area contributed by atoms with E-state index < -0.39 is 0 Å². The number of pyridine rings is 1. The van der Waals surface area contributed by atoms with Crippen LogP contribution in [0.1, 0.15) is 56.6 Å². The maximum Gasteiger partial charge on any atom is 0.248 e. The Hall–Kier alpha value is -4.93. The highest BCUT2D eigenvalue weighted by molar-refractivity contribution is 6.02. The summed E-state index contributed by atoms with van der Waals surface area (Å²) in [6.45, 7) is 5.56. The van der Waals surface area contributed by atoms with Crippen LogP contribution < -0.4 is 10.6 Å². The number of likely N-dealkylation sites (N-methyl/N-ethyl adjacent to an activating group) is 1. The van der Waals surface area contributed by atoms with E-state index in [-0.39, 0.29) is 11.8 Å². The van der Waals surface area contributed by atoms with Crippen LogP contribution in [0.4, 0.5) is 17.3 Å². The van der Waals surface area contributed by atoms with Crippen molar-refractivity contribution in [1.29, 1.82) is 0 Å². The number of nitrogens with one attached hydrogen (secondary N) is 2. The van der Waals surface area contributed by atoms with Crippen LogP contribution >= 0.6 is 0 Å². The van der Waals surface area contributed by atoms with Gasteiger partial charge < -0.3 is 20.3 Å². The van der Waals surface area contributed by atoms with Gasteiger partial charge in [0.25, 0.3) is 0 Å². The van der Waals surface area contributed by atoms with Crippen molar-refractivity contribution in [3.8, 4) is 11.3 Å². The molecule has 254 valence electrons. The molecule has 1 aliphatic carbocycles. The van der Waals surface area contributed by atoms with Crippen molar-refractivity contribution in [1.82, 2.24) is 24.5 Å². The lowest BCUT2D eigenvalue weighted by atomic mass is 9.88. The monoisotopic (exact) mass is 658 g/mol. The molecule has 0 radical (unpaired) electrons. The molecule has 5 aromatic rings. The van der Waals surface area contributed by atoms with E-state index in [0.29, 0.717) is 30.9 Å². The molecule has 0 saturated heterocycles. The lowest BCUT2D eigenvalue weighted by Crippen LogP contribution is -2.20. The van der Waals surface area contributed by atoms with E-state index in [1.807, 2.05) is 84.4 Å². The van der Waals surface area contributed by atoms with E-state index in [4.69, 9.17) is 24.8 Å². The first-order valence-electron chi connectivity index (χ1n) is 17.1. The van der Waals surface area contributed by atoms with Gasteiger partial charge in [-0.05, 0) is 80.8 Å². The summed E-state index contributed by atoms with van der Waals surface area (Å²) in [6, 6.07) is 18.2. The molecule has 3 aromatic heterocycles. The minimum Gasteiger partial charge on any atom is -0.381 e. The number of ether oxygens (including phenoxy) is 1. The standard InChI is InChI=1S/C39H46N8O2/c1-26(2)34-25-43-47-36(22-35(45-39(34)47)41-23-27-12-15-31(49-5)16-13-27)42-24-29-9-6-7-10-32(29)38-33-17-14-30(21-28(33)18-19-40-38)44-37(48)11-8-20-46(3)4/h6-11,14,17-19,21-23,25-27,31,42H,12-13,15-16,20,24H2,1-5H3,(H,44,48)/b11-8+,41-23?. The molecule has 0 unspecified atom stereocenters. The van der Waals surface area contributed by atoms with Crippen molar-refractivity contribution < 1.29 is 9.53 Å². The molecule has 10 nitrogen and oxygen atoms in total. The normalized spacial score (nSPS) is 16.9. The molecule has 1 saturated carbocycles. The van der Waals surface area contributed by atoms with Crippen molar-refractivity contribution >= 4 is 45.9 Å². The number of hydrogen-bond donors (Lipinski definition) is 2. The number of aromatic nitrogens is 4. The van der Waals surface area contributed by atoms with E-state index in [1.54, 1.807) is 13.2 Å². The number of carbonyl (C=O) groups excluding carboxylic acids is 1. The zero-order chi connectivity index (χ0) is 34.3. The fraction of sp³-hybridized carbons (Fsp3) is 0.359. The predicted molar refractivity (Wildman–Crippen MR) is 199 cm³/mol. The molecule has 1 fully saturated rings. The van der Waals surface area contributed by atoms with E-state index in [0.717, 1.165) is 76.0 Å². The molecule has 6 rings (SSSR count). The Morgan fingerprint density at radius 3 is 2.69 bits per heavy atom. The quantitative estimate of drug-likeness (QED) is 0.105. The zero-order valence-electron chi connectivity index (χ0n) is 29.1. The largest absolute Gasteiger partial charge is 0.381 e. The Kier molecular flexibility index (Phi) is 10.8. The number of methoxy groups -OCH3 is 1. The topological polar surface area (TPSA) is 109 Å². The second kappa shape index (κ2) is 15.5. The third kappa shape index (κ3) is 8.21. The SMILES string of the molecule is COC1CCC(C=Nc2cc(NCc3ccccc3-c3nccc4cc(NC(=O)/C=C/CN(C)C)ccc34)n3ncc(C(C)C)c3n2)CC1. The molecule has 0 aliphatic heterocycles.